The molecule has 0 radical (unpaired) electrons. The van der Waals surface area contributed by atoms with Crippen LogP contribution >= 0.6 is 7.82 Å². The molecule has 0 aromatic heterocycles. The van der Waals surface area contributed by atoms with E-state index in [0.29, 0.717) is 13.0 Å². The predicted octanol–water partition coefficient (Wildman–Crippen LogP) is 16.3. The summed E-state index contributed by atoms with van der Waals surface area (Å²) in [6.45, 7) is 4.75. The third-order valence-electron chi connectivity index (χ3n) is 10.9. The van der Waals surface area contributed by atoms with Gasteiger partial charge in [-0.15, -0.1) is 0 Å². The van der Waals surface area contributed by atoms with Crippen LogP contribution in [-0.4, -0.2) is 49.9 Å². The minimum Gasteiger partial charge on any atom is -0.457 e. The minimum atomic E-state index is -4.30. The third kappa shape index (κ3) is 50.8. The van der Waals surface area contributed by atoms with Crippen LogP contribution in [0.3, 0.4) is 0 Å². The molecule has 3 N–H and O–H groups in total. The zero-order chi connectivity index (χ0) is 45.8. The summed E-state index contributed by atoms with van der Waals surface area (Å²) < 4.78 is 33.6. The maximum absolute atomic E-state index is 12.7. The van der Waals surface area contributed by atoms with Crippen LogP contribution < -0.4 is 5.73 Å². The van der Waals surface area contributed by atoms with E-state index < -0.39 is 13.9 Å². The quantitative estimate of drug-likeness (QED) is 0.0268. The number of carbonyl (C=O) groups is 1. The first-order valence-corrected chi connectivity index (χ1v) is 27.4. The highest BCUT2D eigenvalue weighted by Gasteiger charge is 2.25. The highest BCUT2D eigenvalue weighted by Crippen LogP contribution is 2.43. The van der Waals surface area contributed by atoms with E-state index in [9.17, 15) is 14.3 Å². The summed E-state index contributed by atoms with van der Waals surface area (Å²) in [5, 5.41) is 0. The molecule has 0 amide bonds. The molecule has 0 spiro atoms. The van der Waals surface area contributed by atoms with E-state index in [4.69, 9.17) is 24.3 Å². The Labute approximate surface area is 388 Å². The summed E-state index contributed by atoms with van der Waals surface area (Å²) in [6.07, 6.45) is 65.1. The van der Waals surface area contributed by atoms with Crippen molar-refractivity contribution in [3.8, 4) is 0 Å². The van der Waals surface area contributed by atoms with Gasteiger partial charge in [-0.25, -0.2) is 4.57 Å². The Balaban J connectivity index is 4.00. The van der Waals surface area contributed by atoms with Gasteiger partial charge in [-0.1, -0.05) is 228 Å². The van der Waals surface area contributed by atoms with Crippen LogP contribution in [0.15, 0.2) is 72.9 Å². The van der Waals surface area contributed by atoms with Crippen molar-refractivity contribution >= 4 is 13.8 Å². The second kappa shape index (κ2) is 50.9. The van der Waals surface area contributed by atoms with Crippen LogP contribution in [0.2, 0.25) is 0 Å². The topological polar surface area (TPSA) is 117 Å². The van der Waals surface area contributed by atoms with Gasteiger partial charge in [0.15, 0.2) is 0 Å². The smallest absolute Gasteiger partial charge is 0.457 e. The summed E-state index contributed by atoms with van der Waals surface area (Å²) in [6, 6.07) is 0. The molecule has 0 aliphatic heterocycles. The zero-order valence-corrected chi connectivity index (χ0v) is 41.7. The molecule has 0 aromatic carbocycles. The molecule has 0 saturated heterocycles. The van der Waals surface area contributed by atoms with E-state index in [-0.39, 0.29) is 32.3 Å². The molecule has 2 unspecified atom stereocenters. The van der Waals surface area contributed by atoms with Crippen molar-refractivity contribution in [3.63, 3.8) is 0 Å². The molecule has 0 aromatic rings. The van der Waals surface area contributed by atoms with Crippen molar-refractivity contribution < 1.29 is 32.8 Å². The number of rotatable bonds is 49. The molecule has 0 heterocycles. The molecular formula is C54H98NO7P. The molecule has 63 heavy (non-hydrogen) atoms. The van der Waals surface area contributed by atoms with Crippen molar-refractivity contribution in [2.24, 2.45) is 5.73 Å². The van der Waals surface area contributed by atoms with Crippen molar-refractivity contribution in [2.45, 2.75) is 232 Å². The van der Waals surface area contributed by atoms with Crippen molar-refractivity contribution in [1.82, 2.24) is 0 Å². The molecule has 9 heteroatoms. The Kier molecular flexibility index (Phi) is 49.3. The summed E-state index contributed by atoms with van der Waals surface area (Å²) in [4.78, 5) is 22.6. The number of esters is 1. The van der Waals surface area contributed by atoms with Gasteiger partial charge >= 0.3 is 13.8 Å². The van der Waals surface area contributed by atoms with E-state index in [2.05, 4.69) is 86.8 Å². The van der Waals surface area contributed by atoms with Gasteiger partial charge in [0.2, 0.25) is 0 Å². The van der Waals surface area contributed by atoms with E-state index in [0.717, 1.165) is 83.5 Å². The van der Waals surface area contributed by atoms with E-state index >= 15 is 0 Å². The van der Waals surface area contributed by atoms with Crippen LogP contribution in [0.1, 0.15) is 226 Å². The molecule has 0 saturated carbocycles. The first kappa shape index (κ1) is 60.9. The monoisotopic (exact) mass is 904 g/mol. The fourth-order valence-corrected chi connectivity index (χ4v) is 7.88. The number of nitrogens with two attached hydrogens (primary N) is 1. The lowest BCUT2D eigenvalue weighted by Crippen LogP contribution is -2.28. The highest BCUT2D eigenvalue weighted by molar-refractivity contribution is 7.47. The summed E-state index contributed by atoms with van der Waals surface area (Å²) in [5.74, 6) is -0.340. The first-order valence-electron chi connectivity index (χ1n) is 25.9. The lowest BCUT2D eigenvalue weighted by molar-refractivity contribution is -0.154. The van der Waals surface area contributed by atoms with Crippen molar-refractivity contribution in [2.75, 3.05) is 33.0 Å². The van der Waals surface area contributed by atoms with Gasteiger partial charge in [0, 0.05) is 19.6 Å². The molecular weight excluding hydrogens is 806 g/mol. The van der Waals surface area contributed by atoms with E-state index in [1.54, 1.807) is 0 Å². The SMILES string of the molecule is CC/C=C\C/C=C\C/C=C\C/C=C\C/C=C\C/C=C\CCCCCOCC(COP(=O)(O)OCCN)OC(=O)CCCCCCCCCCCCCCCCCCCCCCCC. The molecule has 0 aliphatic carbocycles. The molecule has 0 bridgehead atoms. The lowest BCUT2D eigenvalue weighted by Gasteiger charge is -2.20. The molecule has 2 atom stereocenters. The first-order chi connectivity index (χ1) is 30.9. The fourth-order valence-electron chi connectivity index (χ4n) is 7.12. The molecule has 0 rings (SSSR count). The van der Waals surface area contributed by atoms with Crippen LogP contribution in [-0.2, 0) is 27.9 Å². The second-order valence-electron chi connectivity index (χ2n) is 17.0. The van der Waals surface area contributed by atoms with E-state index in [1.165, 1.54) is 122 Å². The van der Waals surface area contributed by atoms with Crippen LogP contribution in [0.25, 0.3) is 0 Å². The van der Waals surface area contributed by atoms with Gasteiger partial charge in [0.05, 0.1) is 19.8 Å². The normalized spacial score (nSPS) is 13.9. The largest absolute Gasteiger partial charge is 0.472 e. The van der Waals surface area contributed by atoms with Gasteiger partial charge in [0.1, 0.15) is 6.10 Å². The fraction of sp³-hybridized carbons (Fsp3) is 0.759. The molecule has 0 fully saturated rings. The number of hydrogen-bond acceptors (Lipinski definition) is 7. The Morgan fingerprint density at radius 3 is 1.32 bits per heavy atom. The van der Waals surface area contributed by atoms with Gasteiger partial charge in [-0.2, -0.15) is 0 Å². The van der Waals surface area contributed by atoms with Gasteiger partial charge in [-0.3, -0.25) is 13.8 Å². The van der Waals surface area contributed by atoms with Gasteiger partial charge in [0.25, 0.3) is 0 Å². The number of carbonyl (C=O) groups excluding carboxylic acids is 1. The molecule has 0 aliphatic rings. The summed E-state index contributed by atoms with van der Waals surface area (Å²) in [7, 11) is -4.30. The number of hydrogen-bond donors (Lipinski definition) is 2. The number of allylic oxidation sites excluding steroid dienone is 12. The number of phosphoric ester groups is 1. The second-order valence-corrected chi connectivity index (χ2v) is 18.5. The standard InChI is InChI=1S/C54H98NO7P/c1-3-5-7-9-11-13-15-17-19-21-23-25-27-29-31-33-35-37-39-41-43-45-47-54(56)62-53(52-61-63(57,58)60-50-48-55)51-59-49-46-44-42-40-38-36-34-32-30-28-26-24-22-20-18-16-14-12-10-8-6-4-2/h6,8,12,14,18,20,24,26,30,32,36,38,53H,3-5,7,9-11,13,15-17,19,21-23,25,27-29,31,33-35,37,39-52,55H2,1-2H3,(H,57,58)/b8-6-,14-12-,20-18-,26-24-,32-30-,38-36-. The van der Waals surface area contributed by atoms with Crippen molar-refractivity contribution in [3.05, 3.63) is 72.9 Å². The Bertz CT molecular complexity index is 1200. The zero-order valence-electron chi connectivity index (χ0n) is 40.8. The number of unbranched alkanes of at least 4 members (excludes halogenated alkanes) is 24. The number of ether oxygens (including phenoxy) is 2. The lowest BCUT2D eigenvalue weighted by atomic mass is 10.0. The third-order valence-corrected chi connectivity index (χ3v) is 11.9. The maximum Gasteiger partial charge on any atom is 0.472 e. The minimum absolute atomic E-state index is 0.0923. The average Bonchev–Trinajstić information content (AvgIpc) is 3.28. The molecule has 366 valence electrons. The van der Waals surface area contributed by atoms with E-state index in [1.807, 2.05) is 0 Å². The average molecular weight is 904 g/mol. The van der Waals surface area contributed by atoms with Crippen molar-refractivity contribution in [1.29, 1.82) is 0 Å². The predicted molar refractivity (Wildman–Crippen MR) is 270 cm³/mol. The van der Waals surface area contributed by atoms with Crippen LogP contribution in [0.4, 0.5) is 0 Å². The Morgan fingerprint density at radius 2 is 0.889 bits per heavy atom. The van der Waals surface area contributed by atoms with Crippen LogP contribution in [0.5, 0.6) is 0 Å². The Hall–Kier alpha value is -2.06. The number of phosphoric acid groups is 1. The maximum atomic E-state index is 12.7. The highest BCUT2D eigenvalue weighted by atomic mass is 31.2. The van der Waals surface area contributed by atoms with Gasteiger partial charge < -0.3 is 20.1 Å². The summed E-state index contributed by atoms with van der Waals surface area (Å²) >= 11 is 0. The molecule has 8 nitrogen and oxygen atoms in total. The van der Waals surface area contributed by atoms with Gasteiger partial charge in [-0.05, 0) is 64.2 Å². The Morgan fingerprint density at radius 1 is 0.492 bits per heavy atom. The van der Waals surface area contributed by atoms with Crippen LogP contribution in [0, 0.1) is 0 Å². The summed E-state index contributed by atoms with van der Waals surface area (Å²) in [5.41, 5.74) is 5.39.